The van der Waals surface area contributed by atoms with Crippen LogP contribution < -0.4 is 16.0 Å². The van der Waals surface area contributed by atoms with Crippen LogP contribution >= 0.6 is 28.1 Å². The van der Waals surface area contributed by atoms with Gasteiger partial charge in [0.15, 0.2) is 5.11 Å². The zero-order valence-electron chi connectivity index (χ0n) is 14.8. The van der Waals surface area contributed by atoms with Crippen LogP contribution in [0.1, 0.15) is 29.7 Å². The van der Waals surface area contributed by atoms with Gasteiger partial charge in [-0.15, -0.1) is 0 Å². The van der Waals surface area contributed by atoms with Crippen molar-refractivity contribution < 1.29 is 4.79 Å². The van der Waals surface area contributed by atoms with Crippen LogP contribution in [0.15, 0.2) is 58.2 Å². The summed E-state index contributed by atoms with van der Waals surface area (Å²) in [6, 6.07) is 13.6. The van der Waals surface area contributed by atoms with Crippen molar-refractivity contribution in [3.63, 3.8) is 0 Å². The van der Waals surface area contributed by atoms with E-state index in [1.807, 2.05) is 57.2 Å². The Morgan fingerprint density at radius 1 is 1.12 bits per heavy atom. The topological polar surface area (TPSA) is 53.2 Å². The maximum atomic E-state index is 13.1. The number of hydrogen-bond acceptors (Lipinski definition) is 2. The fourth-order valence-electron chi connectivity index (χ4n) is 3.18. The van der Waals surface area contributed by atoms with Crippen molar-refractivity contribution in [1.82, 2.24) is 10.6 Å². The average Bonchev–Trinajstić information content (AvgIpc) is 2.52. The molecule has 0 saturated heterocycles. The molecule has 134 valence electrons. The minimum absolute atomic E-state index is 0.153. The molecule has 1 amide bonds. The molecule has 1 atom stereocenters. The molecule has 6 heteroatoms. The summed E-state index contributed by atoms with van der Waals surface area (Å²) in [5, 5.41) is 9.80. The second-order valence-electron chi connectivity index (χ2n) is 6.46. The van der Waals surface area contributed by atoms with Gasteiger partial charge in [-0.25, -0.2) is 0 Å². The van der Waals surface area contributed by atoms with Gasteiger partial charge in [-0.3, -0.25) is 4.79 Å². The van der Waals surface area contributed by atoms with Crippen molar-refractivity contribution in [2.75, 3.05) is 5.32 Å². The molecular formula is C20H20BrN3OS. The van der Waals surface area contributed by atoms with Crippen LogP contribution in [-0.4, -0.2) is 11.0 Å². The van der Waals surface area contributed by atoms with Crippen LogP contribution in [0.25, 0.3) is 0 Å². The fraction of sp³-hybridized carbons (Fsp3) is 0.200. The van der Waals surface area contributed by atoms with E-state index < -0.39 is 0 Å². The number of carbonyl (C=O) groups excluding carboxylic acids is 1. The number of halogens is 1. The molecule has 0 bridgehead atoms. The Labute approximate surface area is 167 Å². The van der Waals surface area contributed by atoms with E-state index in [1.54, 1.807) is 0 Å². The number of benzene rings is 2. The number of amides is 1. The molecule has 0 spiro atoms. The molecule has 0 aliphatic carbocycles. The lowest BCUT2D eigenvalue weighted by molar-refractivity contribution is -0.113. The third-order valence-corrected chi connectivity index (χ3v) is 4.89. The molecule has 0 radical (unpaired) electrons. The van der Waals surface area contributed by atoms with E-state index in [9.17, 15) is 4.79 Å². The van der Waals surface area contributed by atoms with Crippen molar-refractivity contribution in [1.29, 1.82) is 0 Å². The van der Waals surface area contributed by atoms with Crippen molar-refractivity contribution in [3.05, 3.63) is 74.9 Å². The number of hydrogen-bond donors (Lipinski definition) is 3. The lowest BCUT2D eigenvalue weighted by atomic mass is 9.95. The normalized spacial score (nSPS) is 16.8. The highest BCUT2D eigenvalue weighted by molar-refractivity contribution is 9.10. The molecular weight excluding hydrogens is 410 g/mol. The molecule has 1 aliphatic heterocycles. The quantitative estimate of drug-likeness (QED) is 0.628. The van der Waals surface area contributed by atoms with Crippen LogP contribution in [0.2, 0.25) is 0 Å². The summed E-state index contributed by atoms with van der Waals surface area (Å²) in [6.07, 6.45) is 0. The Bertz CT molecular complexity index is 903. The third-order valence-electron chi connectivity index (χ3n) is 4.18. The van der Waals surface area contributed by atoms with Crippen LogP contribution in [0.3, 0.4) is 0 Å². The van der Waals surface area contributed by atoms with Crippen molar-refractivity contribution in [3.8, 4) is 0 Å². The van der Waals surface area contributed by atoms with E-state index in [0.717, 1.165) is 32.5 Å². The predicted octanol–water partition coefficient (Wildman–Crippen LogP) is 4.50. The van der Waals surface area contributed by atoms with Crippen LogP contribution in [0.4, 0.5) is 5.69 Å². The van der Waals surface area contributed by atoms with E-state index in [4.69, 9.17) is 12.2 Å². The minimum atomic E-state index is -0.313. The van der Waals surface area contributed by atoms with Gasteiger partial charge in [0.1, 0.15) is 0 Å². The van der Waals surface area contributed by atoms with E-state index >= 15 is 0 Å². The Morgan fingerprint density at radius 2 is 1.81 bits per heavy atom. The zero-order valence-corrected chi connectivity index (χ0v) is 17.2. The molecule has 0 saturated carbocycles. The number of nitrogens with one attached hydrogen (secondary N) is 3. The highest BCUT2D eigenvalue weighted by atomic mass is 79.9. The summed E-state index contributed by atoms with van der Waals surface area (Å²) in [7, 11) is 0. The van der Waals surface area contributed by atoms with Crippen molar-refractivity contribution in [2.45, 2.75) is 26.8 Å². The zero-order chi connectivity index (χ0) is 18.8. The summed E-state index contributed by atoms with van der Waals surface area (Å²) < 4.78 is 0.952. The monoisotopic (exact) mass is 429 g/mol. The molecule has 1 heterocycles. The van der Waals surface area contributed by atoms with Gasteiger partial charge >= 0.3 is 0 Å². The number of carbonyl (C=O) groups is 1. The predicted molar refractivity (Wildman–Crippen MR) is 113 cm³/mol. The summed E-state index contributed by atoms with van der Waals surface area (Å²) in [6.45, 7) is 5.90. The summed E-state index contributed by atoms with van der Waals surface area (Å²) in [4.78, 5) is 13.1. The first kappa shape index (κ1) is 18.6. The fourth-order valence-corrected chi connectivity index (χ4v) is 3.86. The smallest absolute Gasteiger partial charge is 0.255 e. The van der Waals surface area contributed by atoms with Gasteiger partial charge < -0.3 is 16.0 Å². The number of rotatable bonds is 3. The van der Waals surface area contributed by atoms with E-state index in [-0.39, 0.29) is 11.9 Å². The highest BCUT2D eigenvalue weighted by Gasteiger charge is 2.30. The van der Waals surface area contributed by atoms with Gasteiger partial charge in [0.05, 0.1) is 11.6 Å². The first-order valence-electron chi connectivity index (χ1n) is 8.27. The van der Waals surface area contributed by atoms with E-state index in [2.05, 4.69) is 37.9 Å². The van der Waals surface area contributed by atoms with Gasteiger partial charge in [-0.05, 0) is 73.9 Å². The van der Waals surface area contributed by atoms with Crippen LogP contribution in [-0.2, 0) is 4.79 Å². The largest absolute Gasteiger partial charge is 0.351 e. The molecule has 1 unspecified atom stereocenters. The maximum absolute atomic E-state index is 13.1. The Morgan fingerprint density at radius 3 is 2.46 bits per heavy atom. The van der Waals surface area contributed by atoms with Gasteiger partial charge in [-0.1, -0.05) is 34.1 Å². The third kappa shape index (κ3) is 4.14. The maximum Gasteiger partial charge on any atom is 0.255 e. The first-order valence-corrected chi connectivity index (χ1v) is 9.47. The van der Waals surface area contributed by atoms with Crippen LogP contribution in [0.5, 0.6) is 0 Å². The number of aryl methyl sites for hydroxylation is 2. The summed E-state index contributed by atoms with van der Waals surface area (Å²) in [5.74, 6) is -0.153. The lowest BCUT2D eigenvalue weighted by Crippen LogP contribution is -2.45. The van der Waals surface area contributed by atoms with E-state index in [0.29, 0.717) is 10.7 Å². The Balaban J connectivity index is 1.96. The molecule has 3 N–H and O–H groups in total. The van der Waals surface area contributed by atoms with Crippen molar-refractivity contribution >= 4 is 44.9 Å². The molecule has 26 heavy (non-hydrogen) atoms. The molecule has 1 aliphatic rings. The highest BCUT2D eigenvalue weighted by Crippen LogP contribution is 2.29. The molecule has 2 aromatic rings. The van der Waals surface area contributed by atoms with Gasteiger partial charge in [0, 0.05) is 15.9 Å². The summed E-state index contributed by atoms with van der Waals surface area (Å²) >= 11 is 8.79. The number of thiocarbonyl (C=S) groups is 1. The number of anilines is 1. The summed E-state index contributed by atoms with van der Waals surface area (Å²) in [5.41, 5.74) is 5.34. The number of allylic oxidation sites excluding steroid dienone is 1. The molecule has 2 aromatic carbocycles. The molecule has 4 nitrogen and oxygen atoms in total. The lowest BCUT2D eigenvalue weighted by Gasteiger charge is -2.30. The molecule has 3 rings (SSSR count). The molecule has 0 aromatic heterocycles. The second kappa shape index (κ2) is 7.60. The SMILES string of the molecule is CC1=C(C(=O)Nc2cc(C)cc(C)c2)C(c2cccc(Br)c2)NC(=S)N1. The Hall–Kier alpha value is -2.18. The van der Waals surface area contributed by atoms with Gasteiger partial charge in [-0.2, -0.15) is 0 Å². The minimum Gasteiger partial charge on any atom is -0.351 e. The second-order valence-corrected chi connectivity index (χ2v) is 7.78. The molecule has 0 fully saturated rings. The average molecular weight is 430 g/mol. The standard InChI is InChI=1S/C20H20BrN3OS/c1-11-7-12(2)9-16(8-11)23-19(25)17-13(3)22-20(26)24-18(17)14-5-4-6-15(21)10-14/h4-10,18H,1-3H3,(H,23,25)(H2,22,24,26). The van der Waals surface area contributed by atoms with Gasteiger partial charge in [0.25, 0.3) is 5.91 Å². The Kier molecular flexibility index (Phi) is 5.44. The van der Waals surface area contributed by atoms with Gasteiger partial charge in [0.2, 0.25) is 0 Å². The first-order chi connectivity index (χ1) is 12.3. The van der Waals surface area contributed by atoms with Crippen LogP contribution in [0, 0.1) is 13.8 Å². The van der Waals surface area contributed by atoms with E-state index in [1.165, 1.54) is 0 Å². The van der Waals surface area contributed by atoms with Crippen molar-refractivity contribution in [2.24, 2.45) is 0 Å².